The fourth-order valence-corrected chi connectivity index (χ4v) is 6.28. The Morgan fingerprint density at radius 2 is 1.61 bits per heavy atom. The van der Waals surface area contributed by atoms with Gasteiger partial charge < -0.3 is 5.32 Å². The maximum atomic E-state index is 12.8. The van der Waals surface area contributed by atoms with E-state index in [0.29, 0.717) is 25.3 Å². The molecule has 1 heterocycles. The lowest BCUT2D eigenvalue weighted by atomic mass is 10.2. The molecule has 10 heteroatoms. The van der Waals surface area contributed by atoms with Gasteiger partial charge in [-0.1, -0.05) is 32.3 Å². The summed E-state index contributed by atoms with van der Waals surface area (Å²) < 4.78 is 54.3. The van der Waals surface area contributed by atoms with Gasteiger partial charge in [-0.05, 0) is 61.7 Å². The summed E-state index contributed by atoms with van der Waals surface area (Å²) >= 11 is 0. The lowest BCUT2D eigenvalue weighted by molar-refractivity contribution is 0.102. The van der Waals surface area contributed by atoms with E-state index in [4.69, 9.17) is 0 Å². The van der Waals surface area contributed by atoms with Crippen LogP contribution in [0.4, 0.5) is 5.69 Å². The summed E-state index contributed by atoms with van der Waals surface area (Å²) in [4.78, 5) is 12.9. The van der Waals surface area contributed by atoms with Crippen LogP contribution in [-0.4, -0.2) is 46.7 Å². The van der Waals surface area contributed by atoms with Gasteiger partial charge in [0, 0.05) is 30.9 Å². The number of carbonyl (C=O) groups excluding carboxylic acids is 1. The molecule has 180 valence electrons. The molecule has 33 heavy (non-hydrogen) atoms. The molecule has 0 spiro atoms. The zero-order valence-electron chi connectivity index (χ0n) is 18.8. The zero-order valence-corrected chi connectivity index (χ0v) is 20.4. The van der Waals surface area contributed by atoms with E-state index < -0.39 is 26.0 Å². The van der Waals surface area contributed by atoms with Gasteiger partial charge in [-0.3, -0.25) is 4.79 Å². The summed E-state index contributed by atoms with van der Waals surface area (Å²) in [5.41, 5.74) is 0.621. The van der Waals surface area contributed by atoms with Crippen LogP contribution < -0.4 is 10.0 Å². The number of hydrogen-bond acceptors (Lipinski definition) is 5. The average molecular weight is 494 g/mol. The number of rotatable bonds is 11. The molecule has 8 nitrogen and oxygen atoms in total. The second kappa shape index (κ2) is 11.2. The topological polar surface area (TPSA) is 113 Å². The molecule has 1 saturated heterocycles. The highest BCUT2D eigenvalue weighted by molar-refractivity contribution is 7.89. The van der Waals surface area contributed by atoms with E-state index in [1.54, 1.807) is 12.1 Å². The van der Waals surface area contributed by atoms with Gasteiger partial charge in [0.05, 0.1) is 9.79 Å². The van der Waals surface area contributed by atoms with Crippen LogP contribution in [-0.2, 0) is 20.0 Å². The third-order valence-corrected chi connectivity index (χ3v) is 8.92. The molecule has 0 aromatic heterocycles. The highest BCUT2D eigenvalue weighted by Crippen LogP contribution is 2.22. The highest BCUT2D eigenvalue weighted by Gasteiger charge is 2.27. The van der Waals surface area contributed by atoms with Crippen LogP contribution >= 0.6 is 0 Å². The largest absolute Gasteiger partial charge is 0.322 e. The quantitative estimate of drug-likeness (QED) is 0.465. The van der Waals surface area contributed by atoms with Crippen molar-refractivity contribution in [1.82, 2.24) is 9.03 Å². The smallest absolute Gasteiger partial charge is 0.255 e. The van der Waals surface area contributed by atoms with Gasteiger partial charge >= 0.3 is 0 Å². The first kappa shape index (κ1) is 25.4. The molecule has 1 aliphatic heterocycles. The summed E-state index contributed by atoms with van der Waals surface area (Å²) in [7, 11) is -7.23. The molecule has 0 atom stereocenters. The Bertz CT molecular complexity index is 1160. The second-order valence-electron chi connectivity index (χ2n) is 8.08. The second-order valence-corrected chi connectivity index (χ2v) is 11.8. The number of anilines is 1. The molecule has 0 unspecified atom stereocenters. The minimum Gasteiger partial charge on any atom is -0.322 e. The monoisotopic (exact) mass is 493 g/mol. The molecule has 0 saturated carbocycles. The van der Waals surface area contributed by atoms with E-state index in [1.165, 1.54) is 40.7 Å². The number of hydrogen-bond donors (Lipinski definition) is 2. The summed E-state index contributed by atoms with van der Waals surface area (Å²) in [6, 6.07) is 11.8. The third-order valence-electron chi connectivity index (χ3n) is 5.54. The Morgan fingerprint density at radius 1 is 0.909 bits per heavy atom. The number of benzene rings is 2. The maximum Gasteiger partial charge on any atom is 0.255 e. The fraction of sp³-hybridized carbons (Fsp3) is 0.435. The van der Waals surface area contributed by atoms with Crippen LogP contribution in [0.3, 0.4) is 0 Å². The van der Waals surface area contributed by atoms with Crippen LogP contribution in [0.2, 0.25) is 0 Å². The molecule has 0 radical (unpaired) electrons. The summed E-state index contributed by atoms with van der Waals surface area (Å²) in [5, 5.41) is 2.69. The number of unbranched alkanes of at least 4 members (excludes halogenated alkanes) is 3. The predicted molar refractivity (Wildman–Crippen MR) is 128 cm³/mol. The Morgan fingerprint density at radius 3 is 2.27 bits per heavy atom. The van der Waals surface area contributed by atoms with Crippen LogP contribution in [0.25, 0.3) is 0 Å². The van der Waals surface area contributed by atoms with Gasteiger partial charge in [-0.25, -0.2) is 21.6 Å². The number of sulfonamides is 2. The van der Waals surface area contributed by atoms with Gasteiger partial charge in [0.2, 0.25) is 20.0 Å². The first-order valence-corrected chi connectivity index (χ1v) is 14.2. The standard InChI is InChI=1S/C23H31N3O5S2/c1-2-3-4-5-15-24-32(28,29)21-13-11-20(12-14-21)25-23(27)19-9-8-10-22(18-19)33(30,31)26-16-6-7-17-26/h8-14,18,24H,2-7,15-17H2,1H3,(H,25,27). The normalized spacial score (nSPS) is 14.9. The van der Waals surface area contributed by atoms with Crippen molar-refractivity contribution in [1.29, 1.82) is 0 Å². The lowest BCUT2D eigenvalue weighted by Gasteiger charge is -2.16. The minimum absolute atomic E-state index is 0.0866. The van der Waals surface area contributed by atoms with Gasteiger partial charge in [0.25, 0.3) is 5.91 Å². The van der Waals surface area contributed by atoms with Gasteiger partial charge in [0.15, 0.2) is 0 Å². The third kappa shape index (κ3) is 6.63. The molecule has 3 rings (SSSR count). The van der Waals surface area contributed by atoms with E-state index in [9.17, 15) is 21.6 Å². The van der Waals surface area contributed by atoms with Crippen molar-refractivity contribution in [2.45, 2.75) is 55.2 Å². The first-order chi connectivity index (χ1) is 15.7. The van der Waals surface area contributed by atoms with Crippen molar-refractivity contribution in [3.05, 3.63) is 54.1 Å². The highest BCUT2D eigenvalue weighted by atomic mass is 32.2. The Balaban J connectivity index is 1.64. The number of nitrogens with zero attached hydrogens (tertiary/aromatic N) is 1. The average Bonchev–Trinajstić information content (AvgIpc) is 3.35. The molecule has 0 bridgehead atoms. The van der Waals surface area contributed by atoms with E-state index in [1.807, 2.05) is 0 Å². The Hall–Kier alpha value is -2.27. The maximum absolute atomic E-state index is 12.8. The molecule has 1 fully saturated rings. The molecular formula is C23H31N3O5S2. The first-order valence-electron chi connectivity index (χ1n) is 11.3. The Kier molecular flexibility index (Phi) is 8.63. The fourth-order valence-electron chi connectivity index (χ4n) is 3.64. The zero-order chi connectivity index (χ0) is 23.9. The van der Waals surface area contributed by atoms with Crippen molar-refractivity contribution in [3.8, 4) is 0 Å². The lowest BCUT2D eigenvalue weighted by Crippen LogP contribution is -2.28. The summed E-state index contributed by atoms with van der Waals surface area (Å²) in [6.45, 7) is 3.46. The van der Waals surface area contributed by atoms with Crippen molar-refractivity contribution >= 4 is 31.6 Å². The molecular weight excluding hydrogens is 462 g/mol. The predicted octanol–water partition coefficient (Wildman–Crippen LogP) is 3.58. The molecule has 2 aromatic carbocycles. The van der Waals surface area contributed by atoms with Crippen LogP contribution in [0.15, 0.2) is 58.3 Å². The van der Waals surface area contributed by atoms with E-state index in [2.05, 4.69) is 17.0 Å². The van der Waals surface area contributed by atoms with E-state index in [0.717, 1.165) is 38.5 Å². The van der Waals surface area contributed by atoms with Crippen molar-refractivity contribution < 1.29 is 21.6 Å². The molecule has 1 amide bonds. The minimum atomic E-state index is -3.62. The Labute approximate surface area is 196 Å². The molecule has 2 aromatic rings. The number of carbonyl (C=O) groups is 1. The van der Waals surface area contributed by atoms with Crippen LogP contribution in [0.5, 0.6) is 0 Å². The number of nitrogens with one attached hydrogen (secondary N) is 2. The molecule has 2 N–H and O–H groups in total. The van der Waals surface area contributed by atoms with Gasteiger partial charge in [-0.2, -0.15) is 4.31 Å². The van der Waals surface area contributed by atoms with Crippen LogP contribution in [0.1, 0.15) is 55.8 Å². The van der Waals surface area contributed by atoms with Gasteiger partial charge in [-0.15, -0.1) is 0 Å². The van der Waals surface area contributed by atoms with E-state index in [-0.39, 0.29) is 15.4 Å². The van der Waals surface area contributed by atoms with Gasteiger partial charge in [0.1, 0.15) is 0 Å². The van der Waals surface area contributed by atoms with Crippen molar-refractivity contribution in [2.75, 3.05) is 25.0 Å². The van der Waals surface area contributed by atoms with Crippen molar-refractivity contribution in [2.24, 2.45) is 0 Å². The number of amides is 1. The van der Waals surface area contributed by atoms with Crippen molar-refractivity contribution in [3.63, 3.8) is 0 Å². The summed E-state index contributed by atoms with van der Waals surface area (Å²) in [6.07, 6.45) is 5.58. The molecule has 1 aliphatic rings. The molecule has 0 aliphatic carbocycles. The SMILES string of the molecule is CCCCCCNS(=O)(=O)c1ccc(NC(=O)c2cccc(S(=O)(=O)N3CCCC3)c2)cc1. The summed E-state index contributed by atoms with van der Waals surface area (Å²) in [5.74, 6) is -0.474. The van der Waals surface area contributed by atoms with Crippen LogP contribution in [0, 0.1) is 0 Å². The van der Waals surface area contributed by atoms with E-state index >= 15 is 0 Å².